The van der Waals surface area contributed by atoms with Crippen LogP contribution in [0.2, 0.25) is 0 Å². The number of ether oxygens (including phenoxy) is 2. The molecule has 0 bridgehead atoms. The van der Waals surface area contributed by atoms with Crippen molar-refractivity contribution in [3.63, 3.8) is 0 Å². The van der Waals surface area contributed by atoms with E-state index < -0.39 is 6.09 Å². The molecule has 1 rings (SSSR count). The van der Waals surface area contributed by atoms with Gasteiger partial charge < -0.3 is 19.9 Å². The molecule has 0 aliphatic carbocycles. The van der Waals surface area contributed by atoms with Gasteiger partial charge in [0.05, 0.1) is 6.61 Å². The zero-order chi connectivity index (χ0) is 14.5. The summed E-state index contributed by atoms with van der Waals surface area (Å²) >= 11 is 0. The number of carbonyl (C=O) groups is 1. The molecule has 0 saturated heterocycles. The van der Waals surface area contributed by atoms with Gasteiger partial charge in [-0.2, -0.15) is 0 Å². The molecule has 1 aromatic carbocycles. The van der Waals surface area contributed by atoms with Crippen LogP contribution in [0.3, 0.4) is 0 Å². The second-order valence-electron chi connectivity index (χ2n) is 5.24. The third-order valence-electron chi connectivity index (χ3n) is 2.08. The highest BCUT2D eigenvalue weighted by molar-refractivity contribution is 5.71. The summed E-state index contributed by atoms with van der Waals surface area (Å²) in [5.41, 5.74) is -0.366. The van der Waals surface area contributed by atoms with Crippen LogP contribution in [-0.2, 0) is 0 Å². The minimum absolute atomic E-state index is 0.0250. The Balaban J connectivity index is 2.71. The first-order valence-corrected chi connectivity index (χ1v) is 6.27. The molecular weight excluding hydrogens is 246 g/mol. The van der Waals surface area contributed by atoms with Crippen molar-refractivity contribution < 1.29 is 19.4 Å². The second-order valence-corrected chi connectivity index (χ2v) is 5.24. The van der Waals surface area contributed by atoms with Gasteiger partial charge in [-0.25, -0.2) is 4.79 Å². The Morgan fingerprint density at radius 1 is 1.37 bits per heavy atom. The van der Waals surface area contributed by atoms with Crippen LogP contribution < -0.4 is 14.8 Å². The number of nitrogens with one attached hydrogen (secondary N) is 1. The highest BCUT2D eigenvalue weighted by Crippen LogP contribution is 2.30. The Morgan fingerprint density at radius 3 is 2.63 bits per heavy atom. The molecule has 0 saturated carbocycles. The van der Waals surface area contributed by atoms with Crippen molar-refractivity contribution in [2.45, 2.75) is 39.7 Å². The van der Waals surface area contributed by atoms with Crippen LogP contribution in [0.4, 0.5) is 4.79 Å². The molecule has 1 aromatic rings. The summed E-state index contributed by atoms with van der Waals surface area (Å²) in [6, 6.07) is 4.44. The van der Waals surface area contributed by atoms with E-state index in [1.807, 2.05) is 27.7 Å². The summed E-state index contributed by atoms with van der Waals surface area (Å²) < 4.78 is 10.5. The Kier molecular flexibility index (Phi) is 5.03. The fourth-order valence-electron chi connectivity index (χ4n) is 1.32. The molecule has 0 aliphatic rings. The largest absolute Gasteiger partial charge is 0.504 e. The molecule has 0 radical (unpaired) electrons. The quantitative estimate of drug-likeness (QED) is 0.879. The number of carbonyl (C=O) groups excluding carboxylic acids is 1. The van der Waals surface area contributed by atoms with E-state index in [1.165, 1.54) is 18.2 Å². The maximum Gasteiger partial charge on any atom is 0.413 e. The Labute approximate surface area is 113 Å². The van der Waals surface area contributed by atoms with E-state index >= 15 is 0 Å². The third-order valence-corrected chi connectivity index (χ3v) is 2.08. The number of amides is 1. The van der Waals surface area contributed by atoms with Gasteiger partial charge in [0.1, 0.15) is 5.75 Å². The molecule has 0 fully saturated rings. The summed E-state index contributed by atoms with van der Waals surface area (Å²) in [5, 5.41) is 12.3. The normalized spacial score (nSPS) is 10.9. The number of phenolic OH excluding ortho intramolecular Hbond substituents is 1. The highest BCUT2D eigenvalue weighted by atomic mass is 16.6. The summed E-state index contributed by atoms with van der Waals surface area (Å²) in [6.07, 6.45) is 0.286. The maximum absolute atomic E-state index is 11.6. The van der Waals surface area contributed by atoms with E-state index in [4.69, 9.17) is 9.47 Å². The monoisotopic (exact) mass is 267 g/mol. The zero-order valence-electron chi connectivity index (χ0n) is 11.8. The molecule has 106 valence electrons. The second kappa shape index (κ2) is 6.31. The van der Waals surface area contributed by atoms with Crippen LogP contribution in [0.15, 0.2) is 18.2 Å². The van der Waals surface area contributed by atoms with Crippen molar-refractivity contribution >= 4 is 6.09 Å². The Bertz CT molecular complexity index is 438. The van der Waals surface area contributed by atoms with Crippen molar-refractivity contribution in [1.82, 2.24) is 5.32 Å². The van der Waals surface area contributed by atoms with Crippen molar-refractivity contribution in [3.05, 3.63) is 18.2 Å². The number of hydrogen-bond acceptors (Lipinski definition) is 4. The first-order chi connectivity index (χ1) is 8.81. The molecular formula is C14H21NO4. The minimum Gasteiger partial charge on any atom is -0.504 e. The van der Waals surface area contributed by atoms with Crippen LogP contribution in [0.25, 0.3) is 0 Å². The average molecular weight is 267 g/mol. The molecule has 0 aromatic heterocycles. The molecule has 0 heterocycles. The molecule has 5 heteroatoms. The summed E-state index contributed by atoms with van der Waals surface area (Å²) in [5.74, 6) is 0.658. The first-order valence-electron chi connectivity index (χ1n) is 6.27. The third kappa shape index (κ3) is 5.50. The van der Waals surface area contributed by atoms with Gasteiger partial charge in [-0.3, -0.25) is 0 Å². The van der Waals surface area contributed by atoms with Gasteiger partial charge >= 0.3 is 6.09 Å². The van der Waals surface area contributed by atoms with E-state index in [-0.39, 0.29) is 11.3 Å². The van der Waals surface area contributed by atoms with E-state index in [9.17, 15) is 9.90 Å². The van der Waals surface area contributed by atoms with Crippen LogP contribution in [0.1, 0.15) is 34.1 Å². The molecule has 5 nitrogen and oxygen atoms in total. The first kappa shape index (κ1) is 15.1. The number of aromatic hydroxyl groups is 1. The molecule has 0 atom stereocenters. The number of phenols is 1. The lowest BCUT2D eigenvalue weighted by Crippen LogP contribution is -2.42. The average Bonchev–Trinajstić information content (AvgIpc) is 2.27. The number of rotatable bonds is 4. The van der Waals surface area contributed by atoms with E-state index in [0.717, 1.165) is 6.42 Å². The Hall–Kier alpha value is -1.91. The van der Waals surface area contributed by atoms with Crippen molar-refractivity contribution in [1.29, 1.82) is 0 Å². The summed E-state index contributed by atoms with van der Waals surface area (Å²) in [7, 11) is 0. The van der Waals surface area contributed by atoms with Crippen LogP contribution >= 0.6 is 0 Å². The standard InChI is InChI=1S/C14H21NO4/c1-5-8-18-12-9-10(6-7-11(12)16)19-13(17)15-14(2,3)4/h6-7,9,16H,5,8H2,1-4H3,(H,15,17). The molecule has 0 spiro atoms. The fourth-order valence-corrected chi connectivity index (χ4v) is 1.32. The van der Waals surface area contributed by atoms with Crippen LogP contribution in [0, 0.1) is 0 Å². The zero-order valence-corrected chi connectivity index (χ0v) is 11.8. The molecule has 1 amide bonds. The fraction of sp³-hybridized carbons (Fsp3) is 0.500. The molecule has 0 unspecified atom stereocenters. The van der Waals surface area contributed by atoms with Gasteiger partial charge in [0.15, 0.2) is 11.5 Å². The highest BCUT2D eigenvalue weighted by Gasteiger charge is 2.16. The predicted octanol–water partition coefficient (Wildman–Crippen LogP) is 3.07. The van der Waals surface area contributed by atoms with E-state index in [1.54, 1.807) is 0 Å². The topological polar surface area (TPSA) is 67.8 Å². The van der Waals surface area contributed by atoms with Gasteiger partial charge in [-0.15, -0.1) is 0 Å². The number of benzene rings is 1. The number of hydrogen-bond donors (Lipinski definition) is 2. The maximum atomic E-state index is 11.6. The van der Waals surface area contributed by atoms with Crippen LogP contribution in [0.5, 0.6) is 17.2 Å². The minimum atomic E-state index is -0.542. The lowest BCUT2D eigenvalue weighted by Gasteiger charge is -2.20. The lowest BCUT2D eigenvalue weighted by molar-refractivity contribution is 0.190. The van der Waals surface area contributed by atoms with E-state index in [2.05, 4.69) is 5.32 Å². The van der Waals surface area contributed by atoms with Crippen LogP contribution in [-0.4, -0.2) is 23.3 Å². The Morgan fingerprint density at radius 2 is 2.05 bits per heavy atom. The van der Waals surface area contributed by atoms with Crippen molar-refractivity contribution in [2.75, 3.05) is 6.61 Å². The van der Waals surface area contributed by atoms with Gasteiger partial charge in [0.25, 0.3) is 0 Å². The molecule has 19 heavy (non-hydrogen) atoms. The summed E-state index contributed by atoms with van der Waals surface area (Å²) in [6.45, 7) is 8.04. The van der Waals surface area contributed by atoms with Gasteiger partial charge in [0, 0.05) is 11.6 Å². The van der Waals surface area contributed by atoms with Gasteiger partial charge in [-0.1, -0.05) is 6.92 Å². The molecule has 0 aliphatic heterocycles. The SMILES string of the molecule is CCCOc1cc(OC(=O)NC(C)(C)C)ccc1O. The van der Waals surface area contributed by atoms with Gasteiger partial charge in [0.2, 0.25) is 0 Å². The lowest BCUT2D eigenvalue weighted by atomic mass is 10.1. The smallest absolute Gasteiger partial charge is 0.413 e. The predicted molar refractivity (Wildman–Crippen MR) is 72.8 cm³/mol. The molecule has 2 N–H and O–H groups in total. The van der Waals surface area contributed by atoms with Crippen molar-refractivity contribution in [2.24, 2.45) is 0 Å². The van der Waals surface area contributed by atoms with Crippen molar-refractivity contribution in [3.8, 4) is 17.2 Å². The van der Waals surface area contributed by atoms with E-state index in [0.29, 0.717) is 18.1 Å². The van der Waals surface area contributed by atoms with Gasteiger partial charge in [-0.05, 0) is 39.3 Å². The summed E-state index contributed by atoms with van der Waals surface area (Å²) in [4.78, 5) is 11.6.